The summed E-state index contributed by atoms with van der Waals surface area (Å²) in [5.74, 6) is 0.330. The molecule has 6 nitrogen and oxygen atoms in total. The molecule has 0 saturated carbocycles. The fourth-order valence-electron chi connectivity index (χ4n) is 2.46. The van der Waals surface area contributed by atoms with E-state index in [0.717, 1.165) is 9.35 Å². The third-order valence-electron chi connectivity index (χ3n) is 3.88. The molecule has 0 aliphatic rings. The summed E-state index contributed by atoms with van der Waals surface area (Å²) in [7, 11) is -3.71. The van der Waals surface area contributed by atoms with Crippen molar-refractivity contribution < 1.29 is 17.9 Å². The Balaban J connectivity index is 1.54. The second-order valence-corrected chi connectivity index (χ2v) is 9.71. The highest BCUT2D eigenvalue weighted by Crippen LogP contribution is 2.17. The van der Waals surface area contributed by atoms with Gasteiger partial charge in [0.1, 0.15) is 12.4 Å². The Morgan fingerprint density at radius 2 is 1.90 bits per heavy atom. The van der Waals surface area contributed by atoms with Gasteiger partial charge in [-0.25, -0.2) is 13.1 Å². The lowest BCUT2D eigenvalue weighted by molar-refractivity contribution is 0.0947. The quantitative estimate of drug-likeness (QED) is 0.443. The Morgan fingerprint density at radius 3 is 2.66 bits per heavy atom. The predicted octanol–water partition coefficient (Wildman–Crippen LogP) is 3.80. The summed E-state index contributed by atoms with van der Waals surface area (Å²) in [5.41, 5.74) is 0.270. The maximum Gasteiger partial charge on any atom is 0.251 e. The molecular formula is C20H19BrN2O4S2. The molecule has 0 aliphatic heterocycles. The highest BCUT2D eigenvalue weighted by atomic mass is 79.9. The van der Waals surface area contributed by atoms with E-state index in [1.165, 1.54) is 23.5 Å². The van der Waals surface area contributed by atoms with Crippen LogP contribution in [0.5, 0.6) is 5.75 Å². The average molecular weight is 495 g/mol. The first kappa shape index (κ1) is 21.5. The molecular weight excluding hydrogens is 476 g/mol. The molecule has 3 rings (SSSR count). The molecule has 2 aromatic carbocycles. The van der Waals surface area contributed by atoms with Crippen LogP contribution in [0.2, 0.25) is 0 Å². The second-order valence-electron chi connectivity index (χ2n) is 5.99. The number of halogens is 1. The van der Waals surface area contributed by atoms with Gasteiger partial charge in [-0.1, -0.05) is 34.1 Å². The standard InChI is InChI=1S/C20H19BrN2O4S2/c21-16-5-2-6-17(13-16)27-10-9-22-20(24)15-4-1-8-19(12-15)29(25,26)23-14-18-7-3-11-28-18/h1-8,11-13,23H,9-10,14H2,(H,22,24). The van der Waals surface area contributed by atoms with E-state index < -0.39 is 10.0 Å². The van der Waals surface area contributed by atoms with Gasteiger partial charge in [0.15, 0.2) is 0 Å². The van der Waals surface area contributed by atoms with Gasteiger partial charge in [0, 0.05) is 21.5 Å². The van der Waals surface area contributed by atoms with Crippen molar-refractivity contribution in [2.75, 3.05) is 13.2 Å². The van der Waals surface area contributed by atoms with Crippen LogP contribution >= 0.6 is 27.3 Å². The number of ether oxygens (including phenoxy) is 1. The maximum absolute atomic E-state index is 12.5. The number of nitrogens with one attached hydrogen (secondary N) is 2. The van der Waals surface area contributed by atoms with E-state index in [9.17, 15) is 13.2 Å². The fraction of sp³-hybridized carbons (Fsp3) is 0.150. The van der Waals surface area contributed by atoms with Crippen LogP contribution in [-0.4, -0.2) is 27.5 Å². The summed E-state index contributed by atoms with van der Waals surface area (Å²) in [4.78, 5) is 13.3. The number of hydrogen-bond acceptors (Lipinski definition) is 5. The zero-order valence-corrected chi connectivity index (χ0v) is 18.5. The Hall–Kier alpha value is -2.20. The third-order valence-corrected chi connectivity index (χ3v) is 6.64. The van der Waals surface area contributed by atoms with Gasteiger partial charge in [-0.3, -0.25) is 4.79 Å². The summed E-state index contributed by atoms with van der Waals surface area (Å²) < 4.78 is 34.0. The fourth-order valence-corrected chi connectivity index (χ4v) is 4.63. The normalized spacial score (nSPS) is 11.2. The molecule has 0 atom stereocenters. The minimum atomic E-state index is -3.71. The van der Waals surface area contributed by atoms with E-state index in [1.807, 2.05) is 41.8 Å². The van der Waals surface area contributed by atoms with Crippen molar-refractivity contribution in [2.24, 2.45) is 0 Å². The van der Waals surface area contributed by atoms with Gasteiger partial charge in [-0.15, -0.1) is 11.3 Å². The van der Waals surface area contributed by atoms with Gasteiger partial charge in [0.05, 0.1) is 11.4 Å². The van der Waals surface area contributed by atoms with Crippen molar-refractivity contribution in [3.05, 3.63) is 81.0 Å². The van der Waals surface area contributed by atoms with Crippen molar-refractivity contribution in [1.82, 2.24) is 10.0 Å². The Kier molecular flexibility index (Phi) is 7.43. The predicted molar refractivity (Wildman–Crippen MR) is 117 cm³/mol. The molecule has 1 amide bonds. The van der Waals surface area contributed by atoms with Crippen LogP contribution in [0, 0.1) is 0 Å². The molecule has 0 spiro atoms. The van der Waals surface area contributed by atoms with Gasteiger partial charge in [-0.2, -0.15) is 0 Å². The minimum absolute atomic E-state index is 0.0482. The van der Waals surface area contributed by atoms with Crippen LogP contribution in [0.3, 0.4) is 0 Å². The number of amides is 1. The molecule has 9 heteroatoms. The van der Waals surface area contributed by atoms with Gasteiger partial charge >= 0.3 is 0 Å². The van der Waals surface area contributed by atoms with Crippen molar-refractivity contribution in [3.8, 4) is 5.75 Å². The average Bonchev–Trinajstić information content (AvgIpc) is 3.24. The topological polar surface area (TPSA) is 84.5 Å². The molecule has 0 radical (unpaired) electrons. The van der Waals surface area contributed by atoms with Crippen LogP contribution < -0.4 is 14.8 Å². The molecule has 29 heavy (non-hydrogen) atoms. The summed E-state index contributed by atoms with van der Waals surface area (Å²) in [6, 6.07) is 17.1. The summed E-state index contributed by atoms with van der Waals surface area (Å²) in [5, 5.41) is 4.61. The van der Waals surface area contributed by atoms with Gasteiger partial charge in [0.25, 0.3) is 5.91 Å². The Morgan fingerprint density at radius 1 is 1.07 bits per heavy atom. The van der Waals surface area contributed by atoms with Crippen molar-refractivity contribution in [3.63, 3.8) is 0 Å². The van der Waals surface area contributed by atoms with E-state index in [2.05, 4.69) is 26.0 Å². The number of benzene rings is 2. The van der Waals surface area contributed by atoms with Crippen LogP contribution in [0.25, 0.3) is 0 Å². The molecule has 152 valence electrons. The van der Waals surface area contributed by atoms with Crippen LogP contribution in [0.4, 0.5) is 0 Å². The lowest BCUT2D eigenvalue weighted by Crippen LogP contribution is -2.28. The first-order valence-electron chi connectivity index (χ1n) is 8.73. The summed E-state index contributed by atoms with van der Waals surface area (Å²) in [6.07, 6.45) is 0. The van der Waals surface area contributed by atoms with E-state index in [1.54, 1.807) is 12.1 Å². The minimum Gasteiger partial charge on any atom is -0.492 e. The second kappa shape index (κ2) is 10.0. The zero-order valence-electron chi connectivity index (χ0n) is 15.3. The number of carbonyl (C=O) groups excluding carboxylic acids is 1. The monoisotopic (exact) mass is 494 g/mol. The van der Waals surface area contributed by atoms with Gasteiger partial charge in [0.2, 0.25) is 10.0 Å². The van der Waals surface area contributed by atoms with Crippen LogP contribution in [0.15, 0.2) is 75.4 Å². The van der Waals surface area contributed by atoms with E-state index in [4.69, 9.17) is 4.74 Å². The Bertz CT molecular complexity index is 1070. The highest BCUT2D eigenvalue weighted by molar-refractivity contribution is 9.10. The van der Waals surface area contributed by atoms with E-state index in [0.29, 0.717) is 18.9 Å². The molecule has 1 aromatic heterocycles. The first-order valence-corrected chi connectivity index (χ1v) is 11.9. The highest BCUT2D eigenvalue weighted by Gasteiger charge is 2.16. The Labute approximate surface area is 182 Å². The van der Waals surface area contributed by atoms with Crippen molar-refractivity contribution in [2.45, 2.75) is 11.4 Å². The summed E-state index contributed by atoms with van der Waals surface area (Å²) in [6.45, 7) is 0.796. The largest absolute Gasteiger partial charge is 0.492 e. The van der Waals surface area contributed by atoms with Crippen molar-refractivity contribution in [1.29, 1.82) is 0 Å². The third kappa shape index (κ3) is 6.40. The number of rotatable bonds is 9. The zero-order chi connectivity index (χ0) is 20.7. The van der Waals surface area contributed by atoms with E-state index in [-0.39, 0.29) is 22.9 Å². The van der Waals surface area contributed by atoms with Crippen molar-refractivity contribution >= 4 is 43.2 Å². The molecule has 0 fully saturated rings. The molecule has 1 heterocycles. The number of hydrogen-bond donors (Lipinski definition) is 2. The number of sulfonamides is 1. The smallest absolute Gasteiger partial charge is 0.251 e. The van der Waals surface area contributed by atoms with Crippen LogP contribution in [0.1, 0.15) is 15.2 Å². The number of carbonyl (C=O) groups is 1. The van der Waals surface area contributed by atoms with Gasteiger partial charge in [-0.05, 0) is 47.8 Å². The SMILES string of the molecule is O=C(NCCOc1cccc(Br)c1)c1cccc(S(=O)(=O)NCc2cccs2)c1. The van der Waals surface area contributed by atoms with Crippen LogP contribution in [-0.2, 0) is 16.6 Å². The maximum atomic E-state index is 12.5. The molecule has 0 bridgehead atoms. The van der Waals surface area contributed by atoms with E-state index >= 15 is 0 Å². The lowest BCUT2D eigenvalue weighted by atomic mass is 10.2. The number of thiophene rings is 1. The lowest BCUT2D eigenvalue weighted by Gasteiger charge is -2.10. The van der Waals surface area contributed by atoms with Gasteiger partial charge < -0.3 is 10.1 Å². The molecule has 0 unspecified atom stereocenters. The summed E-state index contributed by atoms with van der Waals surface area (Å²) >= 11 is 4.84. The molecule has 3 aromatic rings. The first-order chi connectivity index (χ1) is 13.9. The molecule has 0 aliphatic carbocycles. The molecule has 0 saturated heterocycles. The molecule has 2 N–H and O–H groups in total.